The summed E-state index contributed by atoms with van der Waals surface area (Å²) in [5.41, 5.74) is 0. The van der Waals surface area contributed by atoms with Gasteiger partial charge in [0.15, 0.2) is 0 Å². The van der Waals surface area contributed by atoms with Gasteiger partial charge in [-0.15, -0.1) is 0 Å². The van der Waals surface area contributed by atoms with E-state index >= 15 is 0 Å². The summed E-state index contributed by atoms with van der Waals surface area (Å²) < 4.78 is 5.03. The zero-order valence-corrected chi connectivity index (χ0v) is 11.5. The van der Waals surface area contributed by atoms with E-state index in [0.29, 0.717) is 26.2 Å². The molecule has 6 heteroatoms. The molecule has 1 aliphatic heterocycles. The van der Waals surface area contributed by atoms with E-state index in [2.05, 4.69) is 10.6 Å². The van der Waals surface area contributed by atoms with E-state index in [1.165, 1.54) is 12.8 Å². The highest BCUT2D eigenvalue weighted by molar-refractivity contribution is 5.84. The molecule has 1 atom stereocenters. The highest BCUT2D eigenvalue weighted by atomic mass is 16.5. The number of esters is 1. The molecule has 0 aromatic carbocycles. The van der Waals surface area contributed by atoms with Crippen LogP contribution < -0.4 is 10.6 Å². The van der Waals surface area contributed by atoms with Crippen LogP contribution in [-0.4, -0.2) is 55.2 Å². The topological polar surface area (TPSA) is 70.7 Å². The minimum Gasteiger partial charge on any atom is -0.464 e. The van der Waals surface area contributed by atoms with Crippen LogP contribution in [0.15, 0.2) is 0 Å². The van der Waals surface area contributed by atoms with E-state index in [-0.39, 0.29) is 18.0 Å². The number of nitrogens with zero attached hydrogens (tertiary/aromatic N) is 1. The predicted octanol–water partition coefficient (Wildman–Crippen LogP) is 0.476. The summed E-state index contributed by atoms with van der Waals surface area (Å²) in [5.74, 6) is -0.323. The molecule has 0 aromatic heterocycles. The Morgan fingerprint density at radius 1 is 1.37 bits per heavy atom. The van der Waals surface area contributed by atoms with Crippen molar-refractivity contribution in [1.82, 2.24) is 15.5 Å². The first-order chi connectivity index (χ1) is 9.22. The standard InChI is InChI=1S/C13H23N3O3/c1-2-19-12(17)11-9-14-7-8-16(11)13(18)15-10-5-3-4-6-10/h10-11,14H,2-9H2,1H3,(H,15,18). The molecule has 6 nitrogen and oxygen atoms in total. The maximum absolute atomic E-state index is 12.3. The van der Waals surface area contributed by atoms with Crippen molar-refractivity contribution in [3.8, 4) is 0 Å². The highest BCUT2D eigenvalue weighted by Crippen LogP contribution is 2.18. The fraction of sp³-hybridized carbons (Fsp3) is 0.846. The number of rotatable bonds is 3. The van der Waals surface area contributed by atoms with Crippen molar-refractivity contribution < 1.29 is 14.3 Å². The quantitative estimate of drug-likeness (QED) is 0.731. The van der Waals surface area contributed by atoms with Crippen molar-refractivity contribution in [2.24, 2.45) is 0 Å². The number of piperazine rings is 1. The number of urea groups is 1. The van der Waals surface area contributed by atoms with Gasteiger partial charge < -0.3 is 20.3 Å². The Kier molecular flexibility index (Phi) is 5.01. The first-order valence-corrected chi connectivity index (χ1v) is 7.17. The van der Waals surface area contributed by atoms with E-state index in [1.807, 2.05) is 0 Å². The van der Waals surface area contributed by atoms with Gasteiger partial charge in [0.05, 0.1) is 6.61 Å². The summed E-state index contributed by atoms with van der Waals surface area (Å²) in [6, 6.07) is -0.369. The molecule has 1 heterocycles. The monoisotopic (exact) mass is 269 g/mol. The van der Waals surface area contributed by atoms with E-state index in [1.54, 1.807) is 11.8 Å². The molecule has 2 rings (SSSR count). The van der Waals surface area contributed by atoms with Crippen LogP contribution in [0.3, 0.4) is 0 Å². The molecule has 0 bridgehead atoms. The lowest BCUT2D eigenvalue weighted by atomic mass is 10.2. The second-order valence-electron chi connectivity index (χ2n) is 5.10. The smallest absolute Gasteiger partial charge is 0.330 e. The molecule has 19 heavy (non-hydrogen) atoms. The van der Waals surface area contributed by atoms with Gasteiger partial charge in [0, 0.05) is 25.7 Å². The second kappa shape index (κ2) is 6.75. The normalized spacial score (nSPS) is 24.3. The second-order valence-corrected chi connectivity index (χ2v) is 5.10. The van der Waals surface area contributed by atoms with Crippen molar-refractivity contribution in [2.75, 3.05) is 26.2 Å². The molecule has 2 N–H and O–H groups in total. The summed E-state index contributed by atoms with van der Waals surface area (Å²) in [7, 11) is 0. The van der Waals surface area contributed by atoms with Crippen LogP contribution in [0.5, 0.6) is 0 Å². The van der Waals surface area contributed by atoms with E-state index in [4.69, 9.17) is 4.74 Å². The van der Waals surface area contributed by atoms with Crippen molar-refractivity contribution >= 4 is 12.0 Å². The Balaban J connectivity index is 1.93. The maximum Gasteiger partial charge on any atom is 0.330 e. The SMILES string of the molecule is CCOC(=O)C1CNCCN1C(=O)NC1CCCC1. The molecule has 1 saturated carbocycles. The van der Waals surface area contributed by atoms with E-state index < -0.39 is 6.04 Å². The van der Waals surface area contributed by atoms with Gasteiger partial charge in [-0.05, 0) is 19.8 Å². The minimum atomic E-state index is -0.505. The molecule has 1 saturated heterocycles. The van der Waals surface area contributed by atoms with E-state index in [9.17, 15) is 9.59 Å². The lowest BCUT2D eigenvalue weighted by Crippen LogP contribution is -2.60. The van der Waals surface area contributed by atoms with Gasteiger partial charge in [0.2, 0.25) is 0 Å². The van der Waals surface area contributed by atoms with Gasteiger partial charge in [0.1, 0.15) is 6.04 Å². The van der Waals surface area contributed by atoms with Crippen molar-refractivity contribution in [3.63, 3.8) is 0 Å². The third-order valence-electron chi connectivity index (χ3n) is 3.75. The Hall–Kier alpha value is -1.30. The minimum absolute atomic E-state index is 0.133. The molecule has 1 unspecified atom stereocenters. The number of nitrogens with one attached hydrogen (secondary N) is 2. The summed E-state index contributed by atoms with van der Waals surface area (Å²) in [5, 5.41) is 6.16. The Morgan fingerprint density at radius 2 is 2.11 bits per heavy atom. The first-order valence-electron chi connectivity index (χ1n) is 7.17. The van der Waals surface area contributed by atoms with E-state index in [0.717, 1.165) is 12.8 Å². The largest absolute Gasteiger partial charge is 0.464 e. The third-order valence-corrected chi connectivity index (χ3v) is 3.75. The van der Waals surface area contributed by atoms with Gasteiger partial charge in [-0.3, -0.25) is 0 Å². The molecule has 2 amide bonds. The maximum atomic E-state index is 12.3. The van der Waals surface area contributed by atoms with Crippen molar-refractivity contribution in [3.05, 3.63) is 0 Å². The summed E-state index contributed by atoms with van der Waals surface area (Å²) in [6.45, 7) is 3.84. The van der Waals surface area contributed by atoms with Gasteiger partial charge >= 0.3 is 12.0 Å². The Bertz CT molecular complexity index is 329. The number of ether oxygens (including phenoxy) is 1. The van der Waals surface area contributed by atoms with Crippen molar-refractivity contribution in [2.45, 2.75) is 44.7 Å². The van der Waals surface area contributed by atoms with Crippen LogP contribution in [-0.2, 0) is 9.53 Å². The average molecular weight is 269 g/mol. The molecule has 0 spiro atoms. The number of hydrogen-bond acceptors (Lipinski definition) is 4. The molecule has 2 aliphatic rings. The van der Waals surface area contributed by atoms with Crippen LogP contribution in [0.25, 0.3) is 0 Å². The number of hydrogen-bond donors (Lipinski definition) is 2. The molecular formula is C13H23N3O3. The van der Waals surface area contributed by atoms with Crippen LogP contribution >= 0.6 is 0 Å². The molecule has 1 aliphatic carbocycles. The van der Waals surface area contributed by atoms with Crippen LogP contribution in [0.4, 0.5) is 4.79 Å². The lowest BCUT2D eigenvalue weighted by Gasteiger charge is -2.35. The average Bonchev–Trinajstić information content (AvgIpc) is 2.92. The Morgan fingerprint density at radius 3 is 2.79 bits per heavy atom. The summed E-state index contributed by atoms with van der Waals surface area (Å²) in [6.07, 6.45) is 4.44. The number of amides is 2. The fourth-order valence-corrected chi connectivity index (χ4v) is 2.72. The summed E-state index contributed by atoms with van der Waals surface area (Å²) >= 11 is 0. The van der Waals surface area contributed by atoms with Crippen LogP contribution in [0, 0.1) is 0 Å². The van der Waals surface area contributed by atoms with Gasteiger partial charge in [-0.2, -0.15) is 0 Å². The van der Waals surface area contributed by atoms with Crippen molar-refractivity contribution in [1.29, 1.82) is 0 Å². The predicted molar refractivity (Wildman–Crippen MR) is 70.8 cm³/mol. The lowest BCUT2D eigenvalue weighted by molar-refractivity contribution is -0.148. The third kappa shape index (κ3) is 3.59. The zero-order chi connectivity index (χ0) is 13.7. The Labute approximate surface area is 113 Å². The van der Waals surface area contributed by atoms with Crippen LogP contribution in [0.1, 0.15) is 32.6 Å². The van der Waals surface area contributed by atoms with Gasteiger partial charge in [-0.1, -0.05) is 12.8 Å². The fourth-order valence-electron chi connectivity index (χ4n) is 2.72. The summed E-state index contributed by atoms with van der Waals surface area (Å²) in [4.78, 5) is 25.7. The highest BCUT2D eigenvalue weighted by Gasteiger charge is 2.34. The molecule has 0 radical (unpaired) electrons. The first kappa shape index (κ1) is 14.1. The van der Waals surface area contributed by atoms with Crippen LogP contribution in [0.2, 0.25) is 0 Å². The van der Waals surface area contributed by atoms with Gasteiger partial charge in [-0.25, -0.2) is 9.59 Å². The number of carbonyl (C=O) groups is 2. The zero-order valence-electron chi connectivity index (χ0n) is 11.5. The number of carbonyl (C=O) groups excluding carboxylic acids is 2. The molecule has 0 aromatic rings. The van der Waals surface area contributed by atoms with Gasteiger partial charge in [0.25, 0.3) is 0 Å². The molecule has 108 valence electrons. The molecular weight excluding hydrogens is 246 g/mol. The molecule has 2 fully saturated rings.